The summed E-state index contributed by atoms with van der Waals surface area (Å²) in [5.74, 6) is 0. The Morgan fingerprint density at radius 2 is 2.00 bits per heavy atom. The topological polar surface area (TPSA) is 33.1 Å². The molecule has 1 heterocycles. The summed E-state index contributed by atoms with van der Waals surface area (Å²) in [5, 5.41) is 7.84. The van der Waals surface area contributed by atoms with Gasteiger partial charge in [0.2, 0.25) is 0 Å². The first kappa shape index (κ1) is 15.7. The highest BCUT2D eigenvalue weighted by Gasteiger charge is 2.02. The highest BCUT2D eigenvalue weighted by Crippen LogP contribution is 2.03. The minimum atomic E-state index is 0.889. The van der Waals surface area contributed by atoms with E-state index in [0.29, 0.717) is 0 Å². The Morgan fingerprint density at radius 1 is 1.24 bits per heavy atom. The molecule has 2 rings (SSSR count). The third kappa shape index (κ3) is 5.33. The number of rotatable bonds is 8. The second kappa shape index (κ2) is 7.96. The van der Waals surface area contributed by atoms with Crippen molar-refractivity contribution in [3.8, 4) is 0 Å². The van der Waals surface area contributed by atoms with E-state index < -0.39 is 0 Å². The third-order valence-corrected chi connectivity index (χ3v) is 3.59. The predicted octanol–water partition coefficient (Wildman–Crippen LogP) is 2.34. The second-order valence-corrected chi connectivity index (χ2v) is 5.65. The number of hydrogen-bond donors (Lipinski definition) is 1. The molecule has 1 N–H and O–H groups in total. The molecule has 0 saturated heterocycles. The molecule has 4 heteroatoms. The van der Waals surface area contributed by atoms with Crippen molar-refractivity contribution in [3.63, 3.8) is 0 Å². The van der Waals surface area contributed by atoms with E-state index in [9.17, 15) is 0 Å². The molecule has 0 fully saturated rings. The van der Waals surface area contributed by atoms with Gasteiger partial charge in [0.1, 0.15) is 0 Å². The Kier molecular flexibility index (Phi) is 5.96. The van der Waals surface area contributed by atoms with E-state index in [-0.39, 0.29) is 0 Å². The van der Waals surface area contributed by atoms with Gasteiger partial charge in [0.05, 0.1) is 11.4 Å². The number of aromatic nitrogens is 2. The Morgan fingerprint density at radius 3 is 2.67 bits per heavy atom. The van der Waals surface area contributed by atoms with Crippen molar-refractivity contribution in [1.29, 1.82) is 0 Å². The lowest BCUT2D eigenvalue weighted by Gasteiger charge is -2.16. The molecule has 0 spiro atoms. The number of nitrogens with one attached hydrogen (secondary N) is 1. The summed E-state index contributed by atoms with van der Waals surface area (Å²) in [6, 6.07) is 12.8. The molecule has 21 heavy (non-hydrogen) atoms. The summed E-state index contributed by atoms with van der Waals surface area (Å²) < 4.78 is 1.95. The Balaban J connectivity index is 1.60. The smallest absolute Gasteiger partial charge is 0.0597 e. The fourth-order valence-corrected chi connectivity index (χ4v) is 2.49. The van der Waals surface area contributed by atoms with E-state index in [4.69, 9.17) is 0 Å². The lowest BCUT2D eigenvalue weighted by atomic mass is 10.2. The van der Waals surface area contributed by atoms with Crippen molar-refractivity contribution < 1.29 is 0 Å². The SMILES string of the molecule is Cc1cc(CNCCCN(C)Cc2ccccc2)n(C)n1. The summed E-state index contributed by atoms with van der Waals surface area (Å²) in [7, 11) is 4.18. The van der Waals surface area contributed by atoms with Gasteiger partial charge in [-0.25, -0.2) is 0 Å². The number of aryl methyl sites for hydroxylation is 2. The highest BCUT2D eigenvalue weighted by molar-refractivity contribution is 5.14. The maximum absolute atomic E-state index is 4.35. The molecule has 0 saturated carbocycles. The third-order valence-electron chi connectivity index (χ3n) is 3.59. The van der Waals surface area contributed by atoms with Crippen LogP contribution in [0.1, 0.15) is 23.4 Å². The molecule has 0 amide bonds. The summed E-state index contributed by atoms with van der Waals surface area (Å²) in [4.78, 5) is 2.37. The van der Waals surface area contributed by atoms with Crippen LogP contribution in [-0.4, -0.2) is 34.8 Å². The molecule has 2 aromatic rings. The van der Waals surface area contributed by atoms with Gasteiger partial charge in [-0.05, 0) is 45.1 Å². The van der Waals surface area contributed by atoms with Crippen molar-refractivity contribution in [2.75, 3.05) is 20.1 Å². The first-order valence-electron chi connectivity index (χ1n) is 7.58. The van der Waals surface area contributed by atoms with E-state index in [0.717, 1.165) is 38.3 Å². The summed E-state index contributed by atoms with van der Waals surface area (Å²) >= 11 is 0. The average Bonchev–Trinajstić information content (AvgIpc) is 2.78. The molecule has 1 aromatic carbocycles. The normalized spacial score (nSPS) is 11.2. The fraction of sp³-hybridized carbons (Fsp3) is 0.471. The van der Waals surface area contributed by atoms with Crippen LogP contribution in [0.5, 0.6) is 0 Å². The quantitative estimate of drug-likeness (QED) is 0.756. The maximum atomic E-state index is 4.35. The summed E-state index contributed by atoms with van der Waals surface area (Å²) in [5.41, 5.74) is 3.69. The molecule has 1 aromatic heterocycles. The van der Waals surface area contributed by atoms with Crippen molar-refractivity contribution in [3.05, 3.63) is 53.3 Å². The molecule has 0 atom stereocenters. The standard InChI is InChI=1S/C17H26N4/c1-15-12-17(21(3)19-15)13-18-10-7-11-20(2)14-16-8-5-4-6-9-16/h4-6,8-9,12,18H,7,10-11,13-14H2,1-3H3. The molecular formula is C17H26N4. The largest absolute Gasteiger partial charge is 0.311 e. The van der Waals surface area contributed by atoms with E-state index in [2.05, 4.69) is 58.8 Å². The van der Waals surface area contributed by atoms with Gasteiger partial charge in [-0.3, -0.25) is 4.68 Å². The van der Waals surface area contributed by atoms with Gasteiger partial charge in [-0.1, -0.05) is 30.3 Å². The molecule has 4 nitrogen and oxygen atoms in total. The molecule has 0 aliphatic carbocycles. The van der Waals surface area contributed by atoms with Crippen molar-refractivity contribution in [2.24, 2.45) is 7.05 Å². The lowest BCUT2D eigenvalue weighted by Crippen LogP contribution is -2.24. The first-order valence-corrected chi connectivity index (χ1v) is 7.58. The minimum absolute atomic E-state index is 0.889. The monoisotopic (exact) mass is 286 g/mol. The van der Waals surface area contributed by atoms with Gasteiger partial charge in [-0.2, -0.15) is 5.10 Å². The molecule has 0 aliphatic heterocycles. The maximum Gasteiger partial charge on any atom is 0.0597 e. The average molecular weight is 286 g/mol. The lowest BCUT2D eigenvalue weighted by molar-refractivity contribution is 0.319. The Bertz CT molecular complexity index is 533. The first-order chi connectivity index (χ1) is 10.1. The van der Waals surface area contributed by atoms with Crippen LogP contribution in [0.15, 0.2) is 36.4 Å². The van der Waals surface area contributed by atoms with E-state index >= 15 is 0 Å². The zero-order valence-electron chi connectivity index (χ0n) is 13.3. The molecular weight excluding hydrogens is 260 g/mol. The van der Waals surface area contributed by atoms with Gasteiger partial charge in [0, 0.05) is 20.1 Å². The van der Waals surface area contributed by atoms with Crippen LogP contribution in [0, 0.1) is 6.92 Å². The van der Waals surface area contributed by atoms with Gasteiger partial charge >= 0.3 is 0 Å². The minimum Gasteiger partial charge on any atom is -0.311 e. The Labute approximate surface area is 127 Å². The van der Waals surface area contributed by atoms with E-state index in [1.165, 1.54) is 11.3 Å². The molecule has 0 radical (unpaired) electrons. The summed E-state index contributed by atoms with van der Waals surface area (Å²) in [6.45, 7) is 6.07. The van der Waals surface area contributed by atoms with Crippen LogP contribution in [0.4, 0.5) is 0 Å². The van der Waals surface area contributed by atoms with Gasteiger partial charge < -0.3 is 10.2 Å². The second-order valence-electron chi connectivity index (χ2n) is 5.65. The van der Waals surface area contributed by atoms with Gasteiger partial charge in [0.25, 0.3) is 0 Å². The van der Waals surface area contributed by atoms with Crippen LogP contribution in [0.25, 0.3) is 0 Å². The van der Waals surface area contributed by atoms with Crippen molar-refractivity contribution in [1.82, 2.24) is 20.0 Å². The van der Waals surface area contributed by atoms with E-state index in [1.54, 1.807) is 0 Å². The Hall–Kier alpha value is -1.65. The highest BCUT2D eigenvalue weighted by atomic mass is 15.3. The summed E-state index contributed by atoms with van der Waals surface area (Å²) in [6.07, 6.45) is 1.15. The molecule has 0 unspecified atom stereocenters. The molecule has 114 valence electrons. The van der Waals surface area contributed by atoms with E-state index in [1.807, 2.05) is 18.7 Å². The van der Waals surface area contributed by atoms with Crippen LogP contribution >= 0.6 is 0 Å². The zero-order valence-corrected chi connectivity index (χ0v) is 13.3. The van der Waals surface area contributed by atoms with Crippen LogP contribution < -0.4 is 5.32 Å². The fourth-order valence-electron chi connectivity index (χ4n) is 2.49. The van der Waals surface area contributed by atoms with Crippen LogP contribution in [-0.2, 0) is 20.1 Å². The van der Waals surface area contributed by atoms with Gasteiger partial charge in [-0.15, -0.1) is 0 Å². The number of nitrogens with zero attached hydrogens (tertiary/aromatic N) is 3. The van der Waals surface area contributed by atoms with Crippen molar-refractivity contribution >= 4 is 0 Å². The zero-order chi connectivity index (χ0) is 15.1. The number of benzene rings is 1. The van der Waals surface area contributed by atoms with Gasteiger partial charge in [0.15, 0.2) is 0 Å². The van der Waals surface area contributed by atoms with Crippen LogP contribution in [0.3, 0.4) is 0 Å². The number of hydrogen-bond acceptors (Lipinski definition) is 3. The van der Waals surface area contributed by atoms with Crippen molar-refractivity contribution in [2.45, 2.75) is 26.4 Å². The molecule has 0 aliphatic rings. The molecule has 0 bridgehead atoms. The van der Waals surface area contributed by atoms with Crippen LogP contribution in [0.2, 0.25) is 0 Å². The predicted molar refractivity (Wildman–Crippen MR) is 87.0 cm³/mol.